The number of benzene rings is 1. The van der Waals surface area contributed by atoms with Crippen molar-refractivity contribution in [2.45, 2.75) is 19.5 Å². The number of hydrogen-bond donors (Lipinski definition) is 0. The minimum Gasteiger partial charge on any atom is -0.428 e. The molecular formula is C12H10F4N2O. The van der Waals surface area contributed by atoms with Gasteiger partial charge in [-0.25, -0.2) is 4.68 Å². The first-order valence-electron chi connectivity index (χ1n) is 5.35. The molecule has 0 unspecified atom stereocenters. The zero-order valence-corrected chi connectivity index (χ0v) is 9.86. The van der Waals surface area contributed by atoms with Crippen molar-refractivity contribution in [1.29, 1.82) is 0 Å². The minimum atomic E-state index is -4.50. The second kappa shape index (κ2) is 4.91. The Kier molecular flexibility index (Phi) is 3.46. The van der Waals surface area contributed by atoms with E-state index >= 15 is 0 Å². The summed E-state index contributed by atoms with van der Waals surface area (Å²) in [7, 11) is 0. The van der Waals surface area contributed by atoms with Gasteiger partial charge in [0.15, 0.2) is 0 Å². The molecule has 0 fully saturated rings. The number of nitrogens with zero attached hydrogens (tertiary/aromatic N) is 2. The summed E-state index contributed by atoms with van der Waals surface area (Å²) >= 11 is 0. The smallest absolute Gasteiger partial charge is 0.428 e. The van der Waals surface area contributed by atoms with Gasteiger partial charge in [0.2, 0.25) is 0 Å². The summed E-state index contributed by atoms with van der Waals surface area (Å²) in [5.74, 6) is -0.335. The van der Waals surface area contributed by atoms with Crippen LogP contribution in [0, 0.1) is 6.92 Å². The Hall–Kier alpha value is -2.05. The first-order chi connectivity index (χ1) is 8.88. The maximum atomic E-state index is 12.7. The summed E-state index contributed by atoms with van der Waals surface area (Å²) in [5, 5.41) is 4.03. The fourth-order valence-corrected chi connectivity index (χ4v) is 1.42. The lowest BCUT2D eigenvalue weighted by atomic mass is 10.3. The summed E-state index contributed by atoms with van der Waals surface area (Å²) in [6.07, 6.45) is -5.00. The van der Waals surface area contributed by atoms with Gasteiger partial charge < -0.3 is 4.74 Å². The lowest BCUT2D eigenvalue weighted by Gasteiger charge is -2.16. The highest BCUT2D eigenvalue weighted by Crippen LogP contribution is 2.27. The Morgan fingerprint density at radius 2 is 1.84 bits per heavy atom. The number of hydrogen-bond acceptors (Lipinski definition) is 2. The summed E-state index contributed by atoms with van der Waals surface area (Å²) in [4.78, 5) is 0. The minimum absolute atomic E-state index is 0.335. The van der Waals surface area contributed by atoms with E-state index in [1.165, 1.54) is 28.9 Å². The van der Waals surface area contributed by atoms with Gasteiger partial charge in [0.25, 0.3) is 0 Å². The van der Waals surface area contributed by atoms with Gasteiger partial charge in [0.05, 0.1) is 11.9 Å². The summed E-state index contributed by atoms with van der Waals surface area (Å²) in [6, 6.07) is 5.26. The molecule has 0 saturated heterocycles. The topological polar surface area (TPSA) is 27.1 Å². The average Bonchev–Trinajstić information content (AvgIpc) is 2.76. The fraction of sp³-hybridized carbons (Fsp3) is 0.250. The van der Waals surface area contributed by atoms with Crippen LogP contribution in [0.15, 0.2) is 36.7 Å². The molecule has 2 aromatic rings. The molecule has 0 radical (unpaired) electrons. The highest BCUT2D eigenvalue weighted by Gasteiger charge is 2.43. The summed E-state index contributed by atoms with van der Waals surface area (Å²) < 4.78 is 54.7. The van der Waals surface area contributed by atoms with Crippen molar-refractivity contribution < 1.29 is 22.3 Å². The molecule has 0 bridgehead atoms. The van der Waals surface area contributed by atoms with E-state index in [1.807, 2.05) is 6.92 Å². The molecule has 102 valence electrons. The number of alkyl halides is 4. The Bertz CT molecular complexity index is 551. The molecule has 3 nitrogen and oxygen atoms in total. The number of aromatic nitrogens is 2. The maximum Gasteiger partial charge on any atom is 0.461 e. The standard InChI is InChI=1S/C12H10F4N2O/c1-8-6-17-18(7-8)9-2-4-10(5-3-9)19-12(15,16)11(13)14/h2-7,11H,1H3. The molecule has 7 heteroatoms. The number of aryl methyl sites for hydroxylation is 1. The SMILES string of the molecule is Cc1cnn(-c2ccc(OC(F)(F)C(F)F)cc2)c1. The predicted molar refractivity (Wildman–Crippen MR) is 59.9 cm³/mol. The van der Waals surface area contributed by atoms with Crippen molar-refractivity contribution in [3.05, 3.63) is 42.2 Å². The monoisotopic (exact) mass is 274 g/mol. The molecule has 0 saturated carbocycles. The normalized spacial score (nSPS) is 11.9. The van der Waals surface area contributed by atoms with E-state index in [4.69, 9.17) is 0 Å². The second-order valence-corrected chi connectivity index (χ2v) is 3.92. The van der Waals surface area contributed by atoms with Crippen LogP contribution in [0.2, 0.25) is 0 Å². The van der Waals surface area contributed by atoms with E-state index in [9.17, 15) is 17.6 Å². The lowest BCUT2D eigenvalue weighted by molar-refractivity contribution is -0.253. The van der Waals surface area contributed by atoms with Crippen molar-refractivity contribution in [3.8, 4) is 11.4 Å². The molecule has 2 rings (SSSR count). The fourth-order valence-electron chi connectivity index (χ4n) is 1.42. The molecule has 0 amide bonds. The van der Waals surface area contributed by atoms with Crippen LogP contribution in [0.4, 0.5) is 17.6 Å². The van der Waals surface area contributed by atoms with Crippen molar-refractivity contribution in [2.24, 2.45) is 0 Å². The zero-order chi connectivity index (χ0) is 14.0. The quantitative estimate of drug-likeness (QED) is 0.799. The van der Waals surface area contributed by atoms with Crippen LogP contribution in [0.1, 0.15) is 5.56 Å². The Labute approximate surface area is 106 Å². The van der Waals surface area contributed by atoms with Crippen molar-refractivity contribution in [3.63, 3.8) is 0 Å². The van der Waals surface area contributed by atoms with Gasteiger partial charge in [-0.3, -0.25) is 0 Å². The van der Waals surface area contributed by atoms with Gasteiger partial charge in [0, 0.05) is 6.20 Å². The molecule has 0 aliphatic carbocycles. The van der Waals surface area contributed by atoms with Crippen molar-refractivity contribution >= 4 is 0 Å². The van der Waals surface area contributed by atoms with E-state index in [1.54, 1.807) is 12.4 Å². The van der Waals surface area contributed by atoms with Crippen LogP contribution in [0.3, 0.4) is 0 Å². The van der Waals surface area contributed by atoms with Gasteiger partial charge in [-0.1, -0.05) is 0 Å². The predicted octanol–water partition coefficient (Wildman–Crippen LogP) is 3.42. The second-order valence-electron chi connectivity index (χ2n) is 3.92. The van der Waals surface area contributed by atoms with Crippen LogP contribution in [-0.4, -0.2) is 22.3 Å². The van der Waals surface area contributed by atoms with E-state index in [0.29, 0.717) is 5.69 Å². The lowest BCUT2D eigenvalue weighted by Crippen LogP contribution is -2.33. The largest absolute Gasteiger partial charge is 0.461 e. The first kappa shape index (κ1) is 13.4. The van der Waals surface area contributed by atoms with Crippen LogP contribution < -0.4 is 4.74 Å². The molecule has 0 aliphatic rings. The Balaban J connectivity index is 2.15. The third-order valence-electron chi connectivity index (χ3n) is 2.32. The van der Waals surface area contributed by atoms with Crippen LogP contribution in [0.25, 0.3) is 5.69 Å². The molecule has 0 N–H and O–H groups in total. The molecular weight excluding hydrogens is 264 g/mol. The molecule has 0 atom stereocenters. The van der Waals surface area contributed by atoms with Gasteiger partial charge in [-0.05, 0) is 36.8 Å². The van der Waals surface area contributed by atoms with E-state index < -0.39 is 12.5 Å². The third-order valence-corrected chi connectivity index (χ3v) is 2.32. The third kappa shape index (κ3) is 3.04. The van der Waals surface area contributed by atoms with E-state index in [-0.39, 0.29) is 5.75 Å². The van der Waals surface area contributed by atoms with Gasteiger partial charge in [0.1, 0.15) is 5.75 Å². The van der Waals surface area contributed by atoms with Crippen molar-refractivity contribution in [1.82, 2.24) is 9.78 Å². The van der Waals surface area contributed by atoms with E-state index in [0.717, 1.165) is 5.56 Å². The van der Waals surface area contributed by atoms with Crippen LogP contribution in [0.5, 0.6) is 5.75 Å². The van der Waals surface area contributed by atoms with Gasteiger partial charge in [-0.15, -0.1) is 0 Å². The molecule has 0 spiro atoms. The van der Waals surface area contributed by atoms with E-state index in [2.05, 4.69) is 9.84 Å². The Morgan fingerprint density at radius 1 is 1.21 bits per heavy atom. The zero-order valence-electron chi connectivity index (χ0n) is 9.86. The maximum absolute atomic E-state index is 12.7. The molecule has 0 aliphatic heterocycles. The first-order valence-corrected chi connectivity index (χ1v) is 5.35. The molecule has 1 heterocycles. The molecule has 1 aromatic heterocycles. The number of ether oxygens (including phenoxy) is 1. The number of rotatable bonds is 4. The van der Waals surface area contributed by atoms with Crippen molar-refractivity contribution in [2.75, 3.05) is 0 Å². The van der Waals surface area contributed by atoms with Crippen LogP contribution >= 0.6 is 0 Å². The average molecular weight is 274 g/mol. The molecule has 19 heavy (non-hydrogen) atoms. The molecule has 1 aromatic carbocycles. The highest BCUT2D eigenvalue weighted by molar-refractivity contribution is 5.37. The summed E-state index contributed by atoms with van der Waals surface area (Å²) in [6.45, 7) is 1.85. The van der Waals surface area contributed by atoms with Gasteiger partial charge >= 0.3 is 12.5 Å². The Morgan fingerprint density at radius 3 is 2.32 bits per heavy atom. The van der Waals surface area contributed by atoms with Crippen LogP contribution in [-0.2, 0) is 0 Å². The van der Waals surface area contributed by atoms with Gasteiger partial charge in [-0.2, -0.15) is 22.7 Å². The highest BCUT2D eigenvalue weighted by atomic mass is 19.3. The summed E-state index contributed by atoms with van der Waals surface area (Å²) in [5.41, 5.74) is 1.55. The number of halogens is 4.